The molecule has 1 unspecified atom stereocenters. The Morgan fingerprint density at radius 3 is 2.43 bits per heavy atom. The summed E-state index contributed by atoms with van der Waals surface area (Å²) in [4.78, 5) is 3.91. The first-order valence-electron chi connectivity index (χ1n) is 6.18. The Bertz CT molecular complexity index is 580. The summed E-state index contributed by atoms with van der Waals surface area (Å²) in [7, 11) is 0. The highest BCUT2D eigenvalue weighted by molar-refractivity contribution is 5.20. The van der Waals surface area contributed by atoms with Crippen molar-refractivity contribution in [1.82, 2.24) is 15.5 Å². The molecule has 2 rings (SSSR count). The number of rotatable bonds is 5. The van der Waals surface area contributed by atoms with Crippen LogP contribution < -0.4 is 5.32 Å². The highest BCUT2D eigenvalue weighted by Crippen LogP contribution is 2.29. The quantitative estimate of drug-likeness (QED) is 0.861. The molecule has 1 aromatic heterocycles. The molecule has 114 valence electrons. The number of hydrogen-bond donors (Lipinski definition) is 1. The molecule has 21 heavy (non-hydrogen) atoms. The molecule has 0 aliphatic carbocycles. The van der Waals surface area contributed by atoms with Crippen molar-refractivity contribution < 1.29 is 22.1 Å². The monoisotopic (exact) mass is 303 g/mol. The third-order valence-electron chi connectivity index (χ3n) is 2.78. The molecule has 0 radical (unpaired) electrons. The minimum atomic E-state index is -4.35. The van der Waals surface area contributed by atoms with Gasteiger partial charge in [-0.1, -0.05) is 17.3 Å². The molecule has 0 spiro atoms. The molecular weight excluding hydrogens is 290 g/mol. The number of aryl methyl sites for hydroxylation is 1. The summed E-state index contributed by atoms with van der Waals surface area (Å²) in [6.45, 7) is 1.61. The van der Waals surface area contributed by atoms with Crippen molar-refractivity contribution in [2.24, 2.45) is 0 Å². The molecule has 0 amide bonds. The number of alkyl halides is 3. The van der Waals surface area contributed by atoms with Gasteiger partial charge in [-0.15, -0.1) is 0 Å². The second-order valence-electron chi connectivity index (χ2n) is 4.54. The first kappa shape index (κ1) is 15.4. The third-order valence-corrected chi connectivity index (χ3v) is 2.78. The zero-order chi connectivity index (χ0) is 15.5. The van der Waals surface area contributed by atoms with E-state index < -0.39 is 24.5 Å². The fraction of sp³-hybridized carbons (Fsp3) is 0.385. The van der Waals surface area contributed by atoms with E-state index in [1.54, 1.807) is 6.92 Å². The molecule has 1 aromatic carbocycles. The Hall–Kier alpha value is -1.96. The summed E-state index contributed by atoms with van der Waals surface area (Å²) in [6, 6.07) is 3.86. The first-order chi connectivity index (χ1) is 9.83. The van der Waals surface area contributed by atoms with Gasteiger partial charge in [0.2, 0.25) is 5.89 Å². The highest BCUT2D eigenvalue weighted by atomic mass is 19.4. The van der Waals surface area contributed by atoms with Crippen molar-refractivity contribution in [2.45, 2.75) is 32.1 Å². The Morgan fingerprint density at radius 1 is 1.24 bits per heavy atom. The van der Waals surface area contributed by atoms with Crippen molar-refractivity contribution in [2.75, 3.05) is 0 Å². The van der Waals surface area contributed by atoms with Crippen LogP contribution in [0.4, 0.5) is 17.6 Å². The lowest BCUT2D eigenvalue weighted by atomic mass is 10.0. The molecule has 0 saturated carbocycles. The standard InChI is InChI=1S/C13H13F4N3O/c1-8-19-12(21-20-8)7-18-11(6-13(15,16)17)9-2-4-10(14)5-3-9/h2-5,11,18H,6-7H2,1H3. The SMILES string of the molecule is Cc1noc(CNC(CC(F)(F)F)c2ccc(F)cc2)n1. The Morgan fingerprint density at radius 2 is 1.90 bits per heavy atom. The Labute approximate surface area is 118 Å². The molecular formula is C13H13F4N3O. The van der Waals surface area contributed by atoms with Crippen molar-refractivity contribution >= 4 is 0 Å². The van der Waals surface area contributed by atoms with Gasteiger partial charge in [0.1, 0.15) is 5.82 Å². The van der Waals surface area contributed by atoms with Crippen molar-refractivity contribution in [3.8, 4) is 0 Å². The largest absolute Gasteiger partial charge is 0.390 e. The lowest BCUT2D eigenvalue weighted by molar-refractivity contribution is -0.140. The molecule has 1 N–H and O–H groups in total. The van der Waals surface area contributed by atoms with Crippen molar-refractivity contribution in [3.63, 3.8) is 0 Å². The molecule has 0 bridgehead atoms. The number of nitrogens with zero attached hydrogens (tertiary/aromatic N) is 2. The number of hydrogen-bond acceptors (Lipinski definition) is 4. The lowest BCUT2D eigenvalue weighted by Gasteiger charge is -2.20. The summed E-state index contributed by atoms with van der Waals surface area (Å²) < 4.78 is 55.6. The van der Waals surface area contributed by atoms with Crippen molar-refractivity contribution in [1.29, 1.82) is 0 Å². The smallest absolute Gasteiger partial charge is 0.338 e. The predicted molar refractivity (Wildman–Crippen MR) is 65.7 cm³/mol. The molecule has 0 saturated heterocycles. The maximum Gasteiger partial charge on any atom is 0.390 e. The van der Waals surface area contributed by atoms with Gasteiger partial charge in [0.15, 0.2) is 5.82 Å². The van der Waals surface area contributed by atoms with Crippen LogP contribution in [-0.2, 0) is 6.54 Å². The molecule has 0 aliphatic rings. The van der Waals surface area contributed by atoms with Gasteiger partial charge >= 0.3 is 6.18 Å². The van der Waals surface area contributed by atoms with E-state index in [9.17, 15) is 17.6 Å². The lowest BCUT2D eigenvalue weighted by Crippen LogP contribution is -2.26. The average molecular weight is 303 g/mol. The summed E-state index contributed by atoms with van der Waals surface area (Å²) in [5, 5.41) is 6.26. The number of halogens is 4. The zero-order valence-electron chi connectivity index (χ0n) is 11.1. The van der Waals surface area contributed by atoms with Gasteiger partial charge in [0.25, 0.3) is 0 Å². The van der Waals surface area contributed by atoms with Gasteiger partial charge in [-0.05, 0) is 24.6 Å². The molecule has 2 aromatic rings. The van der Waals surface area contributed by atoms with Crippen LogP contribution in [0.3, 0.4) is 0 Å². The average Bonchev–Trinajstić information content (AvgIpc) is 2.80. The van der Waals surface area contributed by atoms with E-state index in [2.05, 4.69) is 15.5 Å². The van der Waals surface area contributed by atoms with Crippen LogP contribution >= 0.6 is 0 Å². The van der Waals surface area contributed by atoms with Gasteiger partial charge in [0, 0.05) is 6.04 Å². The van der Waals surface area contributed by atoms with E-state index in [-0.39, 0.29) is 12.4 Å². The number of aromatic nitrogens is 2. The summed E-state index contributed by atoms with van der Waals surface area (Å²) >= 11 is 0. The summed E-state index contributed by atoms with van der Waals surface area (Å²) in [5.74, 6) is 0.0970. The van der Waals surface area contributed by atoms with Crippen molar-refractivity contribution in [3.05, 3.63) is 47.4 Å². The topological polar surface area (TPSA) is 51.0 Å². The van der Waals surface area contributed by atoms with Crippen LogP contribution in [-0.4, -0.2) is 16.3 Å². The minimum Gasteiger partial charge on any atom is -0.338 e. The van der Waals surface area contributed by atoms with Crippen LogP contribution in [0.2, 0.25) is 0 Å². The second kappa shape index (κ2) is 6.21. The normalized spacial score (nSPS) is 13.4. The zero-order valence-corrected chi connectivity index (χ0v) is 11.1. The summed E-state index contributed by atoms with van der Waals surface area (Å²) in [5.41, 5.74) is 0.338. The fourth-order valence-electron chi connectivity index (χ4n) is 1.86. The van der Waals surface area contributed by atoms with E-state index in [0.29, 0.717) is 11.4 Å². The van der Waals surface area contributed by atoms with Gasteiger partial charge in [-0.25, -0.2) is 4.39 Å². The molecule has 4 nitrogen and oxygen atoms in total. The molecule has 1 heterocycles. The van der Waals surface area contributed by atoms with Gasteiger partial charge in [-0.3, -0.25) is 0 Å². The number of benzene rings is 1. The minimum absolute atomic E-state index is 0.00103. The Balaban J connectivity index is 2.10. The van der Waals surface area contributed by atoms with Crippen LogP contribution in [0.1, 0.15) is 29.7 Å². The van der Waals surface area contributed by atoms with E-state index in [0.717, 1.165) is 12.1 Å². The van der Waals surface area contributed by atoms with Crippen LogP contribution in [0.15, 0.2) is 28.8 Å². The maximum atomic E-state index is 12.9. The van der Waals surface area contributed by atoms with Crippen LogP contribution in [0, 0.1) is 12.7 Å². The van der Waals surface area contributed by atoms with E-state index in [4.69, 9.17) is 4.52 Å². The number of nitrogens with one attached hydrogen (secondary N) is 1. The summed E-state index contributed by atoms with van der Waals surface area (Å²) in [6.07, 6.45) is -5.43. The maximum absolute atomic E-state index is 12.9. The second-order valence-corrected chi connectivity index (χ2v) is 4.54. The van der Waals surface area contributed by atoms with E-state index >= 15 is 0 Å². The van der Waals surface area contributed by atoms with Gasteiger partial charge in [-0.2, -0.15) is 18.2 Å². The van der Waals surface area contributed by atoms with Gasteiger partial charge < -0.3 is 9.84 Å². The third kappa shape index (κ3) is 4.82. The van der Waals surface area contributed by atoms with E-state index in [1.165, 1.54) is 12.1 Å². The fourth-order valence-corrected chi connectivity index (χ4v) is 1.86. The molecule has 1 atom stereocenters. The van der Waals surface area contributed by atoms with Gasteiger partial charge in [0.05, 0.1) is 13.0 Å². The Kier molecular flexibility index (Phi) is 4.56. The highest BCUT2D eigenvalue weighted by Gasteiger charge is 2.32. The molecule has 0 aliphatic heterocycles. The van der Waals surface area contributed by atoms with Crippen LogP contribution in [0.25, 0.3) is 0 Å². The molecule has 0 fully saturated rings. The first-order valence-corrected chi connectivity index (χ1v) is 6.18. The predicted octanol–water partition coefficient (Wildman–Crippen LogP) is 3.30. The van der Waals surface area contributed by atoms with E-state index in [1.807, 2.05) is 0 Å². The molecule has 8 heteroatoms. The van der Waals surface area contributed by atoms with Crippen LogP contribution in [0.5, 0.6) is 0 Å².